The summed E-state index contributed by atoms with van der Waals surface area (Å²) in [5.74, 6) is -3.02. The zero-order valence-corrected chi connectivity index (χ0v) is 15.9. The molecule has 4 N–H and O–H groups in total. The number of hydrogen-bond donors (Lipinski definition) is 4. The highest BCUT2D eigenvalue weighted by molar-refractivity contribution is 5.93. The Morgan fingerprint density at radius 3 is 1.72 bits per heavy atom. The Morgan fingerprint density at radius 1 is 0.656 bits per heavy atom. The second kappa shape index (κ2) is 6.77. The predicted octanol–water partition coefficient (Wildman–Crippen LogP) is 1.96. The number of fused-ring (bicyclic) bond motifs is 2. The van der Waals surface area contributed by atoms with Crippen LogP contribution in [-0.2, 0) is 0 Å². The Kier molecular flexibility index (Phi) is 4.02. The van der Waals surface area contributed by atoms with E-state index in [1.165, 1.54) is 48.5 Å². The maximum Gasteiger partial charge on any atom is 0.335 e. The van der Waals surface area contributed by atoms with Gasteiger partial charge in [-0.3, -0.25) is 0 Å². The first-order valence-electron chi connectivity index (χ1n) is 9.08. The van der Waals surface area contributed by atoms with Gasteiger partial charge >= 0.3 is 11.9 Å². The minimum absolute atomic E-state index is 0.0138. The van der Waals surface area contributed by atoms with Crippen LogP contribution < -0.4 is 0 Å². The zero-order valence-electron chi connectivity index (χ0n) is 15.9. The summed E-state index contributed by atoms with van der Waals surface area (Å²) in [7, 11) is 0. The SMILES string of the molecule is O=C(O)c1ccc2nn(-c3ccc(O)c(-n4nc5ccc(C(=O)O)cc5n4)c3O)nc2c1. The maximum atomic E-state index is 11.2. The van der Waals surface area contributed by atoms with Crippen molar-refractivity contribution in [1.29, 1.82) is 0 Å². The molecule has 5 rings (SSSR count). The van der Waals surface area contributed by atoms with Crippen LogP contribution in [0.2, 0.25) is 0 Å². The molecule has 12 nitrogen and oxygen atoms in total. The van der Waals surface area contributed by atoms with Gasteiger partial charge in [0.25, 0.3) is 0 Å². The van der Waals surface area contributed by atoms with Gasteiger partial charge in [0, 0.05) is 0 Å². The van der Waals surface area contributed by atoms with E-state index in [0.29, 0.717) is 16.6 Å². The van der Waals surface area contributed by atoms with Crippen LogP contribution in [0.3, 0.4) is 0 Å². The van der Waals surface area contributed by atoms with E-state index in [9.17, 15) is 19.8 Å². The third kappa shape index (κ3) is 2.94. The summed E-state index contributed by atoms with van der Waals surface area (Å²) in [6, 6.07) is 11.0. The van der Waals surface area contributed by atoms with Crippen LogP contribution >= 0.6 is 0 Å². The first-order chi connectivity index (χ1) is 15.3. The van der Waals surface area contributed by atoms with Crippen molar-refractivity contribution in [2.24, 2.45) is 0 Å². The zero-order chi connectivity index (χ0) is 22.6. The molecular formula is C20H12N6O6. The van der Waals surface area contributed by atoms with E-state index in [0.717, 1.165) is 9.59 Å². The van der Waals surface area contributed by atoms with E-state index in [1.54, 1.807) is 0 Å². The second-order valence-corrected chi connectivity index (χ2v) is 6.80. The number of nitrogens with zero attached hydrogens (tertiary/aromatic N) is 6. The molecule has 0 atom stereocenters. The first kappa shape index (κ1) is 19.0. The lowest BCUT2D eigenvalue weighted by atomic mass is 10.2. The fraction of sp³-hybridized carbons (Fsp3) is 0. The summed E-state index contributed by atoms with van der Waals surface area (Å²) in [4.78, 5) is 24.4. The maximum absolute atomic E-state index is 11.2. The molecule has 12 heteroatoms. The quantitative estimate of drug-likeness (QED) is 0.328. The Labute approximate surface area is 177 Å². The summed E-state index contributed by atoms with van der Waals surface area (Å²) in [6.45, 7) is 0. The summed E-state index contributed by atoms with van der Waals surface area (Å²) in [5, 5.41) is 56.3. The average Bonchev–Trinajstić information content (AvgIpc) is 3.36. The molecule has 5 aromatic rings. The van der Waals surface area contributed by atoms with Crippen LogP contribution in [0, 0.1) is 0 Å². The van der Waals surface area contributed by atoms with Crippen LogP contribution in [0.1, 0.15) is 20.7 Å². The lowest BCUT2D eigenvalue weighted by Crippen LogP contribution is -2.04. The third-order valence-electron chi connectivity index (χ3n) is 4.78. The molecule has 0 saturated heterocycles. The molecule has 0 amide bonds. The highest BCUT2D eigenvalue weighted by Crippen LogP contribution is 2.35. The van der Waals surface area contributed by atoms with Crippen molar-refractivity contribution in [2.75, 3.05) is 0 Å². The molecule has 32 heavy (non-hydrogen) atoms. The van der Waals surface area contributed by atoms with E-state index in [1.807, 2.05) is 0 Å². The molecule has 0 aliphatic rings. The van der Waals surface area contributed by atoms with Gasteiger partial charge < -0.3 is 20.4 Å². The average molecular weight is 432 g/mol. The molecule has 0 saturated carbocycles. The molecular weight excluding hydrogens is 420 g/mol. The van der Waals surface area contributed by atoms with Crippen LogP contribution in [0.15, 0.2) is 48.5 Å². The number of aromatic carboxylic acids is 2. The van der Waals surface area contributed by atoms with Crippen LogP contribution in [-0.4, -0.2) is 62.4 Å². The summed E-state index contributed by atoms with van der Waals surface area (Å²) < 4.78 is 0. The van der Waals surface area contributed by atoms with Crippen molar-refractivity contribution in [3.05, 3.63) is 59.7 Å². The van der Waals surface area contributed by atoms with Crippen LogP contribution in [0.4, 0.5) is 0 Å². The lowest BCUT2D eigenvalue weighted by molar-refractivity contribution is 0.0686. The van der Waals surface area contributed by atoms with E-state index in [2.05, 4.69) is 20.4 Å². The summed E-state index contributed by atoms with van der Waals surface area (Å²) in [6.07, 6.45) is 0. The number of carboxylic acids is 2. The number of carboxylic acid groups (broad SMARTS) is 2. The molecule has 3 aromatic carbocycles. The number of phenolic OH excluding ortho intramolecular Hbond substituents is 2. The predicted molar refractivity (Wildman–Crippen MR) is 109 cm³/mol. The second-order valence-electron chi connectivity index (χ2n) is 6.80. The number of phenols is 2. The Hall–Kier alpha value is -5.00. The summed E-state index contributed by atoms with van der Waals surface area (Å²) >= 11 is 0. The molecule has 158 valence electrons. The topological polar surface area (TPSA) is 176 Å². The van der Waals surface area contributed by atoms with E-state index >= 15 is 0 Å². The highest BCUT2D eigenvalue weighted by atomic mass is 16.4. The van der Waals surface area contributed by atoms with Crippen molar-refractivity contribution in [1.82, 2.24) is 30.0 Å². The normalized spacial score (nSPS) is 11.2. The van der Waals surface area contributed by atoms with Crippen molar-refractivity contribution in [3.8, 4) is 22.9 Å². The minimum Gasteiger partial charge on any atom is -0.505 e. The molecule has 0 spiro atoms. The van der Waals surface area contributed by atoms with Crippen molar-refractivity contribution < 1.29 is 30.0 Å². The van der Waals surface area contributed by atoms with E-state index in [4.69, 9.17) is 10.2 Å². The van der Waals surface area contributed by atoms with Gasteiger partial charge in [0.15, 0.2) is 11.4 Å². The van der Waals surface area contributed by atoms with Gasteiger partial charge in [-0.2, -0.15) is 0 Å². The number of rotatable bonds is 4. The third-order valence-corrected chi connectivity index (χ3v) is 4.78. The van der Waals surface area contributed by atoms with Crippen molar-refractivity contribution in [3.63, 3.8) is 0 Å². The first-order valence-corrected chi connectivity index (χ1v) is 9.08. The number of hydrogen-bond acceptors (Lipinski definition) is 8. The van der Waals surface area contributed by atoms with Gasteiger partial charge in [0.2, 0.25) is 0 Å². The Morgan fingerprint density at radius 2 is 1.16 bits per heavy atom. The molecule has 0 fully saturated rings. The number of aromatic nitrogens is 6. The number of carbonyl (C=O) groups is 2. The van der Waals surface area contributed by atoms with Crippen LogP contribution in [0.5, 0.6) is 11.5 Å². The largest absolute Gasteiger partial charge is 0.505 e. The molecule has 0 aliphatic carbocycles. The van der Waals surface area contributed by atoms with Gasteiger partial charge in [0.1, 0.15) is 33.5 Å². The molecule has 0 radical (unpaired) electrons. The Balaban J connectivity index is 1.65. The highest BCUT2D eigenvalue weighted by Gasteiger charge is 2.20. The number of benzene rings is 3. The Bertz CT molecular complexity index is 1570. The molecule has 2 heterocycles. The fourth-order valence-electron chi connectivity index (χ4n) is 3.22. The number of aromatic hydroxyl groups is 2. The van der Waals surface area contributed by atoms with Crippen molar-refractivity contribution in [2.45, 2.75) is 0 Å². The van der Waals surface area contributed by atoms with E-state index in [-0.39, 0.29) is 33.8 Å². The smallest absolute Gasteiger partial charge is 0.335 e. The van der Waals surface area contributed by atoms with Gasteiger partial charge in [-0.15, -0.1) is 30.0 Å². The van der Waals surface area contributed by atoms with Gasteiger partial charge in [-0.1, -0.05) is 0 Å². The monoisotopic (exact) mass is 432 g/mol. The van der Waals surface area contributed by atoms with Crippen LogP contribution in [0.25, 0.3) is 33.4 Å². The summed E-state index contributed by atoms with van der Waals surface area (Å²) in [5.41, 5.74) is 1.26. The molecule has 0 aliphatic heterocycles. The minimum atomic E-state index is -1.13. The lowest BCUT2D eigenvalue weighted by Gasteiger charge is -2.09. The molecule has 0 unspecified atom stereocenters. The van der Waals surface area contributed by atoms with E-state index < -0.39 is 17.7 Å². The molecule has 2 aromatic heterocycles. The van der Waals surface area contributed by atoms with Gasteiger partial charge in [0.05, 0.1) is 11.1 Å². The van der Waals surface area contributed by atoms with Gasteiger partial charge in [-0.25, -0.2) is 9.59 Å². The molecule has 0 bridgehead atoms. The standard InChI is InChI=1S/C20H12N6O6/c27-16-6-5-15(25-21-11-3-1-9(19(29)30)7-13(11)23-25)18(28)17(16)26-22-12-4-2-10(20(31)32)8-14(12)24-26/h1-8,27-28H,(H,29,30)(H,31,32). The fourth-order valence-corrected chi connectivity index (χ4v) is 3.22. The van der Waals surface area contributed by atoms with Gasteiger partial charge in [-0.05, 0) is 48.5 Å². The van der Waals surface area contributed by atoms with Crippen molar-refractivity contribution >= 4 is 34.0 Å².